The van der Waals surface area contributed by atoms with Gasteiger partial charge >= 0.3 is 0 Å². The van der Waals surface area contributed by atoms with E-state index in [4.69, 9.17) is 4.43 Å². The molecule has 0 aliphatic heterocycles. The smallest absolute Gasteiger partial charge is 0.242 e. The average molecular weight is 253 g/mol. The van der Waals surface area contributed by atoms with Gasteiger partial charge in [0.1, 0.15) is 5.75 Å². The second-order valence-electron chi connectivity index (χ2n) is 6.42. The molecule has 0 saturated heterocycles. The summed E-state index contributed by atoms with van der Waals surface area (Å²) in [6, 6.07) is 6.55. The van der Waals surface area contributed by atoms with Crippen LogP contribution in [0.3, 0.4) is 0 Å². The topological polar surface area (TPSA) is 9.23 Å². The highest BCUT2D eigenvalue weighted by molar-refractivity contribution is 6.89. The fourth-order valence-electron chi connectivity index (χ4n) is 1.68. The monoisotopic (exact) mass is 252 g/mol. The van der Waals surface area contributed by atoms with Gasteiger partial charge in [0.25, 0.3) is 0 Å². The van der Waals surface area contributed by atoms with E-state index in [0.717, 1.165) is 0 Å². The highest BCUT2D eigenvalue weighted by Crippen LogP contribution is 2.22. The minimum atomic E-state index is -1.52. The van der Waals surface area contributed by atoms with Crippen LogP contribution in [0.4, 0.5) is 0 Å². The molecule has 0 N–H and O–H groups in total. The van der Waals surface area contributed by atoms with E-state index in [1.54, 1.807) is 0 Å². The first-order valence-electron chi connectivity index (χ1n) is 5.90. The van der Waals surface area contributed by atoms with E-state index in [9.17, 15) is 0 Å². The molecule has 0 amide bonds. The molecule has 0 heterocycles. The molecule has 0 aromatic heterocycles. The molecule has 1 rings (SSSR count). The fourth-order valence-corrected chi connectivity index (χ4v) is 4.20. The van der Waals surface area contributed by atoms with Crippen LogP contribution in [0.25, 0.3) is 0 Å². The number of hydrogen-bond donors (Lipinski definition) is 0. The molecule has 0 atom stereocenters. The molecular weight excluding hydrogens is 228 g/mol. The third-order valence-corrected chi connectivity index (χ3v) is 5.25. The molecule has 0 aliphatic carbocycles. The summed E-state index contributed by atoms with van der Waals surface area (Å²) in [7, 11) is -2.83. The number of rotatable bonds is 3. The van der Waals surface area contributed by atoms with Gasteiger partial charge in [-0.1, -0.05) is 37.8 Å². The summed E-state index contributed by atoms with van der Waals surface area (Å²) in [4.78, 5) is 0. The number of benzene rings is 1. The lowest BCUT2D eigenvalue weighted by atomic mass is 10.2. The summed E-state index contributed by atoms with van der Waals surface area (Å²) >= 11 is 0. The highest BCUT2D eigenvalue weighted by Gasteiger charge is 2.25. The lowest BCUT2D eigenvalue weighted by molar-refractivity contribution is 0.557. The Hall–Kier alpha value is -0.546. The molecule has 0 unspecified atom stereocenters. The van der Waals surface area contributed by atoms with Crippen molar-refractivity contribution in [3.63, 3.8) is 0 Å². The second-order valence-corrected chi connectivity index (χ2v) is 15.9. The van der Waals surface area contributed by atoms with E-state index >= 15 is 0 Å². The maximum Gasteiger partial charge on any atom is 0.242 e. The van der Waals surface area contributed by atoms with Crippen molar-refractivity contribution < 1.29 is 4.43 Å². The van der Waals surface area contributed by atoms with Gasteiger partial charge in [0.05, 0.1) is 8.07 Å². The van der Waals surface area contributed by atoms with Crippen LogP contribution in [0.2, 0.25) is 39.3 Å². The second kappa shape index (κ2) is 4.37. The molecule has 0 aliphatic rings. The van der Waals surface area contributed by atoms with Crippen LogP contribution in [0, 0.1) is 6.92 Å². The van der Waals surface area contributed by atoms with Gasteiger partial charge < -0.3 is 4.43 Å². The van der Waals surface area contributed by atoms with Crippen molar-refractivity contribution in [2.45, 2.75) is 46.2 Å². The first-order chi connectivity index (χ1) is 7.11. The third-order valence-electron chi connectivity index (χ3n) is 2.43. The Morgan fingerprint density at radius 2 is 1.50 bits per heavy atom. The molecule has 0 fully saturated rings. The van der Waals surface area contributed by atoms with Crippen LogP contribution in [-0.2, 0) is 0 Å². The molecule has 0 radical (unpaired) electrons. The number of hydrogen-bond acceptors (Lipinski definition) is 1. The standard InChI is InChI=1S/C13H24OSi2/c1-11-9-8-10-12(15(2,3)4)13(11)14-16(5,6)7/h8-10H,1-7H3. The average Bonchev–Trinajstić information content (AvgIpc) is 2.04. The molecular formula is C13H24OSi2. The summed E-state index contributed by atoms with van der Waals surface area (Å²) in [5.41, 5.74) is 1.28. The summed E-state index contributed by atoms with van der Waals surface area (Å²) < 4.78 is 6.26. The summed E-state index contributed by atoms with van der Waals surface area (Å²) in [6.07, 6.45) is 0. The maximum absolute atomic E-state index is 6.26. The quantitative estimate of drug-likeness (QED) is 0.745. The van der Waals surface area contributed by atoms with Crippen LogP contribution in [0.15, 0.2) is 18.2 Å². The predicted octanol–water partition coefficient (Wildman–Crippen LogP) is 3.75. The Morgan fingerprint density at radius 3 is 1.94 bits per heavy atom. The van der Waals surface area contributed by atoms with Gasteiger partial charge in [0, 0.05) is 0 Å². The van der Waals surface area contributed by atoms with Crippen LogP contribution in [0.1, 0.15) is 5.56 Å². The van der Waals surface area contributed by atoms with Crippen LogP contribution in [-0.4, -0.2) is 16.4 Å². The van der Waals surface area contributed by atoms with Crippen molar-refractivity contribution in [3.8, 4) is 5.75 Å². The van der Waals surface area contributed by atoms with E-state index in [-0.39, 0.29) is 0 Å². The lowest BCUT2D eigenvalue weighted by Gasteiger charge is -2.28. The number of para-hydroxylation sites is 1. The fraction of sp³-hybridized carbons (Fsp3) is 0.538. The van der Waals surface area contributed by atoms with Gasteiger partial charge in [-0.2, -0.15) is 0 Å². The van der Waals surface area contributed by atoms with Crippen molar-refractivity contribution >= 4 is 21.6 Å². The van der Waals surface area contributed by atoms with Gasteiger partial charge in [-0.3, -0.25) is 0 Å². The largest absolute Gasteiger partial charge is 0.544 e. The predicted molar refractivity (Wildman–Crippen MR) is 78.1 cm³/mol. The molecule has 1 nitrogen and oxygen atoms in total. The zero-order valence-corrected chi connectivity index (χ0v) is 13.6. The van der Waals surface area contributed by atoms with Gasteiger partial charge in [-0.05, 0) is 37.3 Å². The molecule has 1 aromatic carbocycles. The lowest BCUT2D eigenvalue weighted by Crippen LogP contribution is -2.42. The van der Waals surface area contributed by atoms with Gasteiger partial charge in [0.2, 0.25) is 8.32 Å². The van der Waals surface area contributed by atoms with E-state index in [1.165, 1.54) is 16.5 Å². The first-order valence-corrected chi connectivity index (χ1v) is 12.8. The normalized spacial score (nSPS) is 12.7. The van der Waals surface area contributed by atoms with Gasteiger partial charge in [-0.25, -0.2) is 0 Å². The van der Waals surface area contributed by atoms with Crippen LogP contribution in [0.5, 0.6) is 5.75 Å². The summed E-state index contributed by atoms with van der Waals surface area (Å²) in [5.74, 6) is 1.17. The van der Waals surface area contributed by atoms with Crippen LogP contribution >= 0.6 is 0 Å². The Bertz CT molecular complexity index is 372. The summed E-state index contributed by atoms with van der Waals surface area (Å²) in [6.45, 7) is 16.0. The zero-order valence-electron chi connectivity index (χ0n) is 11.6. The van der Waals surface area contributed by atoms with Crippen LogP contribution < -0.4 is 9.61 Å². The van der Waals surface area contributed by atoms with E-state index in [2.05, 4.69) is 64.4 Å². The zero-order chi connectivity index (χ0) is 12.6. The van der Waals surface area contributed by atoms with E-state index < -0.39 is 16.4 Å². The summed E-state index contributed by atoms with van der Waals surface area (Å²) in [5, 5.41) is 1.45. The van der Waals surface area contributed by atoms with Crippen molar-refractivity contribution in [1.82, 2.24) is 0 Å². The van der Waals surface area contributed by atoms with Crippen molar-refractivity contribution in [2.75, 3.05) is 0 Å². The Kier molecular flexibility index (Phi) is 3.70. The molecule has 90 valence electrons. The molecule has 1 aromatic rings. The molecule has 0 saturated carbocycles. The minimum Gasteiger partial charge on any atom is -0.544 e. The Labute approximate surface area is 102 Å². The van der Waals surface area contributed by atoms with Crippen molar-refractivity contribution in [2.24, 2.45) is 0 Å². The van der Waals surface area contributed by atoms with E-state index in [0.29, 0.717) is 0 Å². The highest BCUT2D eigenvalue weighted by atomic mass is 28.4. The molecule has 16 heavy (non-hydrogen) atoms. The SMILES string of the molecule is Cc1cccc([Si](C)(C)C)c1O[Si](C)(C)C. The third kappa shape index (κ3) is 3.49. The Morgan fingerprint density at radius 1 is 0.938 bits per heavy atom. The number of aryl methyl sites for hydroxylation is 1. The first kappa shape index (κ1) is 13.5. The van der Waals surface area contributed by atoms with Gasteiger partial charge in [-0.15, -0.1) is 0 Å². The Balaban J connectivity index is 3.25. The van der Waals surface area contributed by atoms with E-state index in [1.807, 2.05) is 0 Å². The van der Waals surface area contributed by atoms with Crippen molar-refractivity contribution in [3.05, 3.63) is 23.8 Å². The molecule has 0 bridgehead atoms. The van der Waals surface area contributed by atoms with Crippen molar-refractivity contribution in [1.29, 1.82) is 0 Å². The molecule has 3 heteroatoms. The minimum absolute atomic E-state index is 1.17. The molecule has 0 spiro atoms. The maximum atomic E-state index is 6.26. The van der Waals surface area contributed by atoms with Gasteiger partial charge in [0.15, 0.2) is 0 Å².